The maximum Gasteiger partial charge on any atom is 0.310 e. The van der Waals surface area contributed by atoms with Crippen LogP contribution in [0, 0.1) is 5.41 Å². The van der Waals surface area contributed by atoms with Gasteiger partial charge >= 0.3 is 5.97 Å². The van der Waals surface area contributed by atoms with Gasteiger partial charge in [-0.05, 0) is 37.8 Å². The van der Waals surface area contributed by atoms with Crippen LogP contribution in [0.4, 0.5) is 0 Å². The number of rotatable bonds is 4. The van der Waals surface area contributed by atoms with E-state index in [9.17, 15) is 14.7 Å². The van der Waals surface area contributed by atoms with Gasteiger partial charge in [-0.1, -0.05) is 24.1 Å². The molecule has 2 N–H and O–H groups in total. The number of aliphatic carboxylic acids is 1. The number of carbonyl (C=O) groups is 2. The van der Waals surface area contributed by atoms with Crippen LogP contribution in [0.1, 0.15) is 50.1 Å². The normalized spacial score (nSPS) is 22.0. The molecule has 3 rings (SSSR count). The van der Waals surface area contributed by atoms with Crippen LogP contribution in [0.15, 0.2) is 18.2 Å². The minimum atomic E-state index is -0.867. The van der Waals surface area contributed by atoms with E-state index in [0.29, 0.717) is 30.2 Å². The molecule has 2 aliphatic rings. The average molecular weight is 338 g/mol. The highest BCUT2D eigenvalue weighted by Crippen LogP contribution is 2.44. The summed E-state index contributed by atoms with van der Waals surface area (Å²) in [5.74, 6) is -0.382. The lowest BCUT2D eigenvalue weighted by atomic mass is 9.66. The van der Waals surface area contributed by atoms with Gasteiger partial charge in [0.2, 0.25) is 5.91 Å². The number of carboxylic acids is 1. The Labute approximate surface area is 140 Å². The van der Waals surface area contributed by atoms with Gasteiger partial charge in [-0.3, -0.25) is 9.59 Å². The van der Waals surface area contributed by atoms with Crippen molar-refractivity contribution < 1.29 is 19.4 Å². The summed E-state index contributed by atoms with van der Waals surface area (Å²) in [5, 5.41) is 12.9. The Hall–Kier alpha value is -1.75. The Morgan fingerprint density at radius 3 is 2.78 bits per heavy atom. The third-order valence-electron chi connectivity index (χ3n) is 4.84. The zero-order chi connectivity index (χ0) is 16.4. The standard InChI is InChI=1S/C17H20ClNO4/c18-11-4-5-12-13(3-1-8-23-14(12)9-11)19-15(20)10-17(16(21)22)6-2-7-17/h4-5,9,13H,1-3,6-8,10H2,(H,19,20)(H,21,22). The van der Waals surface area contributed by atoms with Gasteiger partial charge in [-0.25, -0.2) is 0 Å². The van der Waals surface area contributed by atoms with Crippen LogP contribution >= 0.6 is 11.6 Å². The van der Waals surface area contributed by atoms with Crippen LogP contribution in [0.2, 0.25) is 5.02 Å². The monoisotopic (exact) mass is 337 g/mol. The lowest BCUT2D eigenvalue weighted by molar-refractivity contribution is -0.157. The van der Waals surface area contributed by atoms with E-state index in [2.05, 4.69) is 5.32 Å². The minimum absolute atomic E-state index is 0.0443. The number of nitrogens with one attached hydrogen (secondary N) is 1. The third kappa shape index (κ3) is 3.29. The second-order valence-corrected chi connectivity index (χ2v) is 6.85. The number of halogens is 1. The van der Waals surface area contributed by atoms with Crippen molar-refractivity contribution in [2.75, 3.05) is 6.61 Å². The van der Waals surface area contributed by atoms with E-state index in [4.69, 9.17) is 16.3 Å². The Balaban J connectivity index is 1.72. The summed E-state index contributed by atoms with van der Waals surface area (Å²) in [7, 11) is 0. The second kappa shape index (κ2) is 6.40. The van der Waals surface area contributed by atoms with Gasteiger partial charge in [0, 0.05) is 17.0 Å². The summed E-state index contributed by atoms with van der Waals surface area (Å²) in [6.45, 7) is 0.582. The summed E-state index contributed by atoms with van der Waals surface area (Å²) in [4.78, 5) is 23.8. The molecule has 6 heteroatoms. The fourth-order valence-electron chi connectivity index (χ4n) is 3.32. The molecule has 0 spiro atoms. The van der Waals surface area contributed by atoms with Gasteiger partial charge in [0.1, 0.15) is 5.75 Å². The fourth-order valence-corrected chi connectivity index (χ4v) is 3.48. The van der Waals surface area contributed by atoms with Crippen molar-refractivity contribution in [2.24, 2.45) is 5.41 Å². The van der Waals surface area contributed by atoms with Crippen LogP contribution in [0.3, 0.4) is 0 Å². The average Bonchev–Trinajstić information content (AvgIpc) is 2.64. The summed E-state index contributed by atoms with van der Waals surface area (Å²) < 4.78 is 5.68. The first-order valence-corrected chi connectivity index (χ1v) is 8.33. The Bertz CT molecular complexity index is 627. The SMILES string of the molecule is O=C(CC1(C(=O)O)CCC1)NC1CCCOc2cc(Cl)ccc21. The van der Waals surface area contributed by atoms with Gasteiger partial charge in [0.15, 0.2) is 0 Å². The van der Waals surface area contributed by atoms with Crippen molar-refractivity contribution in [3.63, 3.8) is 0 Å². The molecule has 23 heavy (non-hydrogen) atoms. The molecule has 1 aliphatic carbocycles. The van der Waals surface area contributed by atoms with Gasteiger partial charge in [0.25, 0.3) is 0 Å². The molecule has 1 atom stereocenters. The van der Waals surface area contributed by atoms with Crippen LogP contribution in [0.5, 0.6) is 5.75 Å². The lowest BCUT2D eigenvalue weighted by Gasteiger charge is -2.37. The lowest BCUT2D eigenvalue weighted by Crippen LogP contribution is -2.43. The first kappa shape index (κ1) is 16.1. The van der Waals surface area contributed by atoms with Gasteiger partial charge in [-0.2, -0.15) is 0 Å². The molecular formula is C17H20ClNO4. The van der Waals surface area contributed by atoms with Crippen molar-refractivity contribution >= 4 is 23.5 Å². The summed E-state index contributed by atoms with van der Waals surface area (Å²) in [6, 6.07) is 5.23. The molecule has 0 bridgehead atoms. The minimum Gasteiger partial charge on any atom is -0.493 e. The number of fused-ring (bicyclic) bond motifs is 1. The van der Waals surface area contributed by atoms with Crippen LogP contribution < -0.4 is 10.1 Å². The van der Waals surface area contributed by atoms with E-state index in [1.165, 1.54) is 0 Å². The highest BCUT2D eigenvalue weighted by molar-refractivity contribution is 6.30. The van der Waals surface area contributed by atoms with E-state index in [1.54, 1.807) is 12.1 Å². The molecule has 124 valence electrons. The molecule has 0 saturated heterocycles. The Kier molecular flexibility index (Phi) is 4.48. The molecule has 1 aromatic rings. The largest absolute Gasteiger partial charge is 0.493 e. The third-order valence-corrected chi connectivity index (χ3v) is 5.08. The van der Waals surface area contributed by atoms with Crippen molar-refractivity contribution in [2.45, 2.75) is 44.6 Å². The number of benzene rings is 1. The molecule has 0 aromatic heterocycles. The Morgan fingerprint density at radius 2 is 2.13 bits per heavy atom. The van der Waals surface area contributed by atoms with Crippen LogP contribution in [0.25, 0.3) is 0 Å². The quantitative estimate of drug-likeness (QED) is 0.883. The first-order chi connectivity index (χ1) is 11.0. The van der Waals surface area contributed by atoms with Crippen LogP contribution in [-0.4, -0.2) is 23.6 Å². The fraction of sp³-hybridized carbons (Fsp3) is 0.529. The maximum absolute atomic E-state index is 12.4. The van der Waals surface area contributed by atoms with Crippen LogP contribution in [-0.2, 0) is 9.59 Å². The van der Waals surface area contributed by atoms with E-state index in [-0.39, 0.29) is 18.4 Å². The molecule has 0 radical (unpaired) electrons. The second-order valence-electron chi connectivity index (χ2n) is 6.41. The topological polar surface area (TPSA) is 75.6 Å². The number of hydrogen-bond acceptors (Lipinski definition) is 3. The van der Waals surface area contributed by atoms with Gasteiger partial charge < -0.3 is 15.2 Å². The molecule has 5 nitrogen and oxygen atoms in total. The maximum atomic E-state index is 12.4. The van der Waals surface area contributed by atoms with Crippen molar-refractivity contribution in [3.8, 4) is 5.75 Å². The number of amides is 1. The van der Waals surface area contributed by atoms with Crippen molar-refractivity contribution in [3.05, 3.63) is 28.8 Å². The summed E-state index contributed by atoms with van der Waals surface area (Å²) >= 11 is 6.00. The Morgan fingerprint density at radius 1 is 1.35 bits per heavy atom. The predicted molar refractivity (Wildman–Crippen MR) is 85.6 cm³/mol. The first-order valence-electron chi connectivity index (χ1n) is 7.95. The van der Waals surface area contributed by atoms with E-state index >= 15 is 0 Å². The zero-order valence-corrected chi connectivity index (χ0v) is 13.6. The molecular weight excluding hydrogens is 318 g/mol. The highest BCUT2D eigenvalue weighted by Gasteiger charge is 2.46. The highest BCUT2D eigenvalue weighted by atomic mass is 35.5. The molecule has 1 unspecified atom stereocenters. The summed E-state index contributed by atoms with van der Waals surface area (Å²) in [5.41, 5.74) is 0.0342. The molecule has 1 fully saturated rings. The molecule has 1 aliphatic heterocycles. The zero-order valence-electron chi connectivity index (χ0n) is 12.8. The van der Waals surface area contributed by atoms with Crippen molar-refractivity contribution in [1.82, 2.24) is 5.32 Å². The number of hydrogen-bond donors (Lipinski definition) is 2. The smallest absolute Gasteiger partial charge is 0.310 e. The molecule has 1 heterocycles. The van der Waals surface area contributed by atoms with Gasteiger partial charge in [-0.15, -0.1) is 0 Å². The predicted octanol–water partition coefficient (Wildman–Crippen LogP) is 3.31. The number of ether oxygens (including phenoxy) is 1. The van der Waals surface area contributed by atoms with E-state index in [0.717, 1.165) is 24.8 Å². The number of carboxylic acid groups (broad SMARTS) is 1. The van der Waals surface area contributed by atoms with E-state index in [1.807, 2.05) is 6.07 Å². The van der Waals surface area contributed by atoms with Crippen molar-refractivity contribution in [1.29, 1.82) is 0 Å². The molecule has 1 saturated carbocycles. The van der Waals surface area contributed by atoms with Gasteiger partial charge in [0.05, 0.1) is 18.1 Å². The molecule has 1 amide bonds. The summed E-state index contributed by atoms with van der Waals surface area (Å²) in [6.07, 6.45) is 3.66. The van der Waals surface area contributed by atoms with E-state index < -0.39 is 11.4 Å². The number of carbonyl (C=O) groups excluding carboxylic acids is 1. The molecule has 1 aromatic carbocycles.